The third kappa shape index (κ3) is 2.81. The Bertz CT molecular complexity index is 525. The van der Waals surface area contributed by atoms with Gasteiger partial charge in [0.2, 0.25) is 0 Å². The summed E-state index contributed by atoms with van der Waals surface area (Å²) in [5.41, 5.74) is 2.60. The van der Waals surface area contributed by atoms with Crippen molar-refractivity contribution in [3.8, 4) is 6.07 Å². The van der Waals surface area contributed by atoms with Gasteiger partial charge in [0.25, 0.3) is 0 Å². The van der Waals surface area contributed by atoms with E-state index in [0.717, 1.165) is 17.4 Å². The van der Waals surface area contributed by atoms with Gasteiger partial charge in [-0.05, 0) is 54.6 Å². The second-order valence-electron chi connectivity index (χ2n) is 7.50. The lowest BCUT2D eigenvalue weighted by atomic mass is 9.57. The molecule has 0 spiro atoms. The summed E-state index contributed by atoms with van der Waals surface area (Å²) in [5.74, 6) is 1.74. The van der Waals surface area contributed by atoms with Crippen molar-refractivity contribution in [3.05, 3.63) is 35.4 Å². The van der Waals surface area contributed by atoms with Crippen LogP contribution in [0.4, 0.5) is 0 Å². The zero-order chi connectivity index (χ0) is 15.4. The van der Waals surface area contributed by atoms with E-state index in [2.05, 4.69) is 25.1 Å². The molecule has 0 heterocycles. The molecular formula is C21H29N. The Kier molecular flexibility index (Phi) is 4.87. The molecule has 0 radical (unpaired) electrons. The number of nitriles is 1. The highest BCUT2D eigenvalue weighted by Gasteiger charge is 2.43. The van der Waals surface area contributed by atoms with E-state index in [1.807, 2.05) is 12.1 Å². The Morgan fingerprint density at radius 3 is 2.36 bits per heavy atom. The van der Waals surface area contributed by atoms with Crippen molar-refractivity contribution in [2.24, 2.45) is 11.8 Å². The number of hydrogen-bond donors (Lipinski definition) is 0. The largest absolute Gasteiger partial charge is 0.192 e. The number of nitrogens with zero attached hydrogens (tertiary/aromatic N) is 1. The smallest absolute Gasteiger partial charge is 0.0994 e. The van der Waals surface area contributed by atoms with Gasteiger partial charge in [-0.25, -0.2) is 0 Å². The lowest BCUT2D eigenvalue weighted by molar-refractivity contribution is 0.126. The summed E-state index contributed by atoms with van der Waals surface area (Å²) >= 11 is 0. The lowest BCUT2D eigenvalue weighted by Crippen LogP contribution is -2.40. The first kappa shape index (κ1) is 15.6. The van der Waals surface area contributed by atoms with Crippen molar-refractivity contribution in [2.45, 2.75) is 76.5 Å². The van der Waals surface area contributed by atoms with E-state index in [1.165, 1.54) is 69.8 Å². The van der Waals surface area contributed by atoms with Crippen LogP contribution in [0.25, 0.3) is 0 Å². The summed E-state index contributed by atoms with van der Waals surface area (Å²) in [7, 11) is 0. The maximum Gasteiger partial charge on any atom is 0.0994 e. The first-order chi connectivity index (χ1) is 10.8. The van der Waals surface area contributed by atoms with Crippen molar-refractivity contribution < 1.29 is 0 Å². The zero-order valence-electron chi connectivity index (χ0n) is 14.0. The van der Waals surface area contributed by atoms with Gasteiger partial charge in [0, 0.05) is 0 Å². The number of rotatable bonds is 3. The second-order valence-corrected chi connectivity index (χ2v) is 7.50. The van der Waals surface area contributed by atoms with E-state index in [-0.39, 0.29) is 0 Å². The van der Waals surface area contributed by atoms with Gasteiger partial charge < -0.3 is 0 Å². The van der Waals surface area contributed by atoms with Crippen LogP contribution in [0.1, 0.15) is 82.3 Å². The quantitative estimate of drug-likeness (QED) is 0.673. The Morgan fingerprint density at radius 2 is 1.73 bits per heavy atom. The Balaban J connectivity index is 1.94. The molecule has 0 bridgehead atoms. The van der Waals surface area contributed by atoms with Gasteiger partial charge in [0.15, 0.2) is 0 Å². The third-order valence-corrected chi connectivity index (χ3v) is 6.54. The van der Waals surface area contributed by atoms with Crippen LogP contribution in [0.3, 0.4) is 0 Å². The molecule has 0 aliphatic heterocycles. The molecule has 22 heavy (non-hydrogen) atoms. The van der Waals surface area contributed by atoms with Gasteiger partial charge in [-0.1, -0.05) is 63.6 Å². The Morgan fingerprint density at radius 1 is 1.05 bits per heavy atom. The second kappa shape index (κ2) is 6.86. The molecule has 2 aliphatic carbocycles. The molecule has 0 unspecified atom stereocenters. The monoisotopic (exact) mass is 295 g/mol. The fourth-order valence-electron chi connectivity index (χ4n) is 5.22. The van der Waals surface area contributed by atoms with Crippen LogP contribution in [-0.4, -0.2) is 0 Å². The molecule has 3 rings (SSSR count). The molecule has 2 fully saturated rings. The van der Waals surface area contributed by atoms with E-state index in [1.54, 1.807) is 0 Å². The van der Waals surface area contributed by atoms with Gasteiger partial charge in [-0.3, -0.25) is 0 Å². The standard InChI is InChI=1S/C21H29N/c1-2-17-10-12-19(13-11-17)21(14-6-3-7-15-21)20-9-5-4-8-18(20)16-22/h4-5,8-9,17,19H,2-3,6-7,10-15H2,1H3. The van der Waals surface area contributed by atoms with Gasteiger partial charge in [-0.15, -0.1) is 0 Å². The normalized spacial score (nSPS) is 28.0. The Hall–Kier alpha value is -1.29. The molecule has 0 N–H and O–H groups in total. The minimum absolute atomic E-state index is 0.295. The number of benzene rings is 1. The lowest BCUT2D eigenvalue weighted by Gasteiger charge is -2.47. The Labute approximate surface area is 135 Å². The summed E-state index contributed by atoms with van der Waals surface area (Å²) in [6, 6.07) is 10.9. The summed E-state index contributed by atoms with van der Waals surface area (Å²) in [6.45, 7) is 2.34. The average Bonchev–Trinajstić information content (AvgIpc) is 2.62. The number of hydrogen-bond acceptors (Lipinski definition) is 1. The van der Waals surface area contributed by atoms with Crippen molar-refractivity contribution >= 4 is 0 Å². The van der Waals surface area contributed by atoms with Crippen molar-refractivity contribution in [1.82, 2.24) is 0 Å². The van der Waals surface area contributed by atoms with Crippen LogP contribution in [0.5, 0.6) is 0 Å². The van der Waals surface area contributed by atoms with E-state index in [0.29, 0.717) is 5.41 Å². The topological polar surface area (TPSA) is 23.8 Å². The van der Waals surface area contributed by atoms with Gasteiger partial charge in [0.05, 0.1) is 11.6 Å². The average molecular weight is 295 g/mol. The van der Waals surface area contributed by atoms with E-state index in [9.17, 15) is 5.26 Å². The van der Waals surface area contributed by atoms with Crippen LogP contribution in [0.15, 0.2) is 24.3 Å². The molecule has 0 amide bonds. The van der Waals surface area contributed by atoms with Crippen molar-refractivity contribution in [3.63, 3.8) is 0 Å². The highest BCUT2D eigenvalue weighted by Crippen LogP contribution is 2.51. The molecule has 0 atom stereocenters. The van der Waals surface area contributed by atoms with Crippen LogP contribution in [-0.2, 0) is 5.41 Å². The van der Waals surface area contributed by atoms with Gasteiger partial charge in [0.1, 0.15) is 0 Å². The van der Waals surface area contributed by atoms with E-state index < -0.39 is 0 Å². The van der Waals surface area contributed by atoms with Gasteiger partial charge in [-0.2, -0.15) is 5.26 Å². The van der Waals surface area contributed by atoms with Crippen LogP contribution >= 0.6 is 0 Å². The summed E-state index contributed by atoms with van der Waals surface area (Å²) in [5, 5.41) is 9.59. The molecular weight excluding hydrogens is 266 g/mol. The zero-order valence-corrected chi connectivity index (χ0v) is 14.0. The minimum atomic E-state index is 0.295. The molecule has 1 nitrogen and oxygen atoms in total. The summed E-state index contributed by atoms with van der Waals surface area (Å²) in [4.78, 5) is 0. The maximum absolute atomic E-state index is 9.59. The SMILES string of the molecule is CCC1CCC(C2(c3ccccc3C#N)CCCCC2)CC1. The van der Waals surface area contributed by atoms with Crippen molar-refractivity contribution in [2.75, 3.05) is 0 Å². The van der Waals surface area contributed by atoms with Crippen LogP contribution in [0, 0.1) is 23.2 Å². The van der Waals surface area contributed by atoms with Crippen LogP contribution in [0.2, 0.25) is 0 Å². The minimum Gasteiger partial charge on any atom is -0.192 e. The molecule has 2 saturated carbocycles. The van der Waals surface area contributed by atoms with Crippen LogP contribution < -0.4 is 0 Å². The molecule has 0 saturated heterocycles. The van der Waals surface area contributed by atoms with E-state index >= 15 is 0 Å². The van der Waals surface area contributed by atoms with E-state index in [4.69, 9.17) is 0 Å². The highest BCUT2D eigenvalue weighted by molar-refractivity contribution is 5.43. The predicted molar refractivity (Wildman–Crippen MR) is 91.7 cm³/mol. The highest BCUT2D eigenvalue weighted by atomic mass is 14.5. The fourth-order valence-corrected chi connectivity index (χ4v) is 5.22. The third-order valence-electron chi connectivity index (χ3n) is 6.54. The maximum atomic E-state index is 9.59. The molecule has 2 aliphatic rings. The summed E-state index contributed by atoms with van der Waals surface area (Å²) < 4.78 is 0. The van der Waals surface area contributed by atoms with Crippen molar-refractivity contribution in [1.29, 1.82) is 5.26 Å². The fraction of sp³-hybridized carbons (Fsp3) is 0.667. The molecule has 0 aromatic heterocycles. The molecule has 1 aromatic carbocycles. The summed E-state index contributed by atoms with van der Waals surface area (Å²) in [6.07, 6.45) is 13.5. The molecule has 1 aromatic rings. The first-order valence-electron chi connectivity index (χ1n) is 9.30. The first-order valence-corrected chi connectivity index (χ1v) is 9.30. The molecule has 118 valence electrons. The van der Waals surface area contributed by atoms with Gasteiger partial charge >= 0.3 is 0 Å². The predicted octanol–water partition coefficient (Wildman–Crippen LogP) is 5.98. The molecule has 1 heteroatoms.